The SMILES string of the molecule is COCCCNC(=O)c1cc(S(=O)(=O)Cl)ccc1C. The highest BCUT2D eigenvalue weighted by molar-refractivity contribution is 8.13. The van der Waals surface area contributed by atoms with Crippen LogP contribution in [0, 0.1) is 6.92 Å². The van der Waals surface area contributed by atoms with E-state index in [0.717, 1.165) is 0 Å². The minimum Gasteiger partial charge on any atom is -0.385 e. The normalized spacial score (nSPS) is 11.3. The minimum absolute atomic E-state index is 0.0817. The third kappa shape index (κ3) is 4.81. The van der Waals surface area contributed by atoms with Gasteiger partial charge in [-0.3, -0.25) is 4.79 Å². The molecule has 0 aliphatic rings. The molecule has 0 aliphatic heterocycles. The molecule has 1 aromatic rings. The van der Waals surface area contributed by atoms with E-state index < -0.39 is 9.05 Å². The fourth-order valence-corrected chi connectivity index (χ4v) is 2.29. The van der Waals surface area contributed by atoms with Crippen LogP contribution in [0.1, 0.15) is 22.3 Å². The summed E-state index contributed by atoms with van der Waals surface area (Å²) in [5.74, 6) is -0.323. The van der Waals surface area contributed by atoms with Crippen molar-refractivity contribution in [3.05, 3.63) is 29.3 Å². The Balaban J connectivity index is 2.84. The number of hydrogen-bond donors (Lipinski definition) is 1. The molecule has 0 fully saturated rings. The topological polar surface area (TPSA) is 72.5 Å². The van der Waals surface area contributed by atoms with E-state index in [4.69, 9.17) is 15.4 Å². The first-order valence-corrected chi connectivity index (χ1v) is 7.99. The predicted molar refractivity (Wildman–Crippen MR) is 73.0 cm³/mol. The second-order valence-corrected chi connectivity index (χ2v) is 6.58. The van der Waals surface area contributed by atoms with E-state index in [1.807, 2.05) is 0 Å². The molecule has 19 heavy (non-hydrogen) atoms. The molecule has 0 radical (unpaired) electrons. The monoisotopic (exact) mass is 305 g/mol. The van der Waals surface area contributed by atoms with Crippen LogP contribution in [-0.4, -0.2) is 34.6 Å². The molecule has 0 aliphatic carbocycles. The highest BCUT2D eigenvalue weighted by Crippen LogP contribution is 2.19. The molecule has 0 unspecified atom stereocenters. The number of rotatable bonds is 6. The van der Waals surface area contributed by atoms with Crippen LogP contribution < -0.4 is 5.32 Å². The molecule has 106 valence electrons. The maximum absolute atomic E-state index is 11.9. The average molecular weight is 306 g/mol. The van der Waals surface area contributed by atoms with Crippen molar-refractivity contribution in [1.82, 2.24) is 5.32 Å². The molecular formula is C12H16ClNO4S. The molecule has 1 aromatic carbocycles. The first-order chi connectivity index (χ1) is 8.86. The van der Waals surface area contributed by atoms with Crippen molar-refractivity contribution in [3.8, 4) is 0 Å². The summed E-state index contributed by atoms with van der Waals surface area (Å²) in [4.78, 5) is 11.8. The van der Waals surface area contributed by atoms with Crippen LogP contribution in [-0.2, 0) is 13.8 Å². The average Bonchev–Trinajstić information content (AvgIpc) is 2.33. The van der Waals surface area contributed by atoms with Gasteiger partial charge in [0.05, 0.1) is 4.90 Å². The molecule has 0 bridgehead atoms. The lowest BCUT2D eigenvalue weighted by atomic mass is 10.1. The van der Waals surface area contributed by atoms with Gasteiger partial charge in [0.15, 0.2) is 0 Å². The van der Waals surface area contributed by atoms with Gasteiger partial charge in [0.2, 0.25) is 0 Å². The predicted octanol–water partition coefficient (Wildman–Crippen LogP) is 1.69. The van der Waals surface area contributed by atoms with Gasteiger partial charge in [0.25, 0.3) is 15.0 Å². The number of carbonyl (C=O) groups is 1. The van der Waals surface area contributed by atoms with Crippen molar-refractivity contribution in [3.63, 3.8) is 0 Å². The van der Waals surface area contributed by atoms with Crippen LogP contribution in [0.25, 0.3) is 0 Å². The molecule has 0 atom stereocenters. The summed E-state index contributed by atoms with van der Waals surface area (Å²) in [5.41, 5.74) is 0.993. The fourth-order valence-electron chi connectivity index (χ4n) is 1.51. The molecule has 0 saturated carbocycles. The molecule has 1 rings (SSSR count). The van der Waals surface area contributed by atoms with Gasteiger partial charge in [-0.15, -0.1) is 0 Å². The third-order valence-electron chi connectivity index (χ3n) is 2.55. The van der Waals surface area contributed by atoms with Crippen LogP contribution in [0.2, 0.25) is 0 Å². The van der Waals surface area contributed by atoms with Gasteiger partial charge in [-0.05, 0) is 31.0 Å². The second-order valence-electron chi connectivity index (χ2n) is 4.02. The number of nitrogens with one attached hydrogen (secondary N) is 1. The van der Waals surface area contributed by atoms with Crippen LogP contribution in [0.3, 0.4) is 0 Å². The quantitative estimate of drug-likeness (QED) is 0.641. The summed E-state index contributed by atoms with van der Waals surface area (Å²) < 4.78 is 27.3. The molecule has 1 amide bonds. The van der Waals surface area contributed by atoms with Crippen LogP contribution >= 0.6 is 10.7 Å². The number of hydrogen-bond acceptors (Lipinski definition) is 4. The first-order valence-electron chi connectivity index (χ1n) is 5.68. The van der Waals surface area contributed by atoms with E-state index in [1.54, 1.807) is 20.1 Å². The summed E-state index contributed by atoms with van der Waals surface area (Å²) in [6.07, 6.45) is 0.689. The van der Waals surface area contributed by atoms with Crippen molar-refractivity contribution < 1.29 is 17.9 Å². The summed E-state index contributed by atoms with van der Waals surface area (Å²) in [5, 5.41) is 2.70. The molecule has 0 aromatic heterocycles. The van der Waals surface area contributed by atoms with Crippen molar-refractivity contribution in [2.45, 2.75) is 18.2 Å². The van der Waals surface area contributed by atoms with E-state index >= 15 is 0 Å². The van der Waals surface area contributed by atoms with E-state index in [0.29, 0.717) is 30.7 Å². The van der Waals surface area contributed by atoms with Crippen molar-refractivity contribution in [2.24, 2.45) is 0 Å². The zero-order valence-corrected chi connectivity index (χ0v) is 12.3. The number of amides is 1. The highest BCUT2D eigenvalue weighted by Gasteiger charge is 2.15. The Kier molecular flexibility index (Phi) is 5.78. The smallest absolute Gasteiger partial charge is 0.261 e. The zero-order valence-electron chi connectivity index (χ0n) is 10.8. The molecular weight excluding hydrogens is 290 g/mol. The van der Waals surface area contributed by atoms with E-state index in [-0.39, 0.29) is 10.8 Å². The highest BCUT2D eigenvalue weighted by atomic mass is 35.7. The van der Waals surface area contributed by atoms with Gasteiger partial charge in [-0.25, -0.2) is 8.42 Å². The first kappa shape index (κ1) is 15.9. The maximum Gasteiger partial charge on any atom is 0.261 e. The van der Waals surface area contributed by atoms with Crippen LogP contribution in [0.4, 0.5) is 0 Å². The third-order valence-corrected chi connectivity index (χ3v) is 3.90. The van der Waals surface area contributed by atoms with Gasteiger partial charge in [0.1, 0.15) is 0 Å². The second kappa shape index (κ2) is 6.88. The van der Waals surface area contributed by atoms with Crippen molar-refractivity contribution >= 4 is 25.6 Å². The molecule has 7 heteroatoms. The maximum atomic E-state index is 11.9. The molecule has 0 saturated heterocycles. The van der Waals surface area contributed by atoms with Gasteiger partial charge < -0.3 is 10.1 Å². The van der Waals surface area contributed by atoms with E-state index in [1.165, 1.54) is 12.1 Å². The van der Waals surface area contributed by atoms with E-state index in [9.17, 15) is 13.2 Å². The van der Waals surface area contributed by atoms with Crippen LogP contribution in [0.5, 0.6) is 0 Å². The standard InChI is InChI=1S/C12H16ClNO4S/c1-9-4-5-10(19(13,16)17)8-11(9)12(15)14-6-3-7-18-2/h4-5,8H,3,6-7H2,1-2H3,(H,14,15). The minimum atomic E-state index is -3.83. The Bertz CT molecular complexity index is 557. The van der Waals surface area contributed by atoms with Gasteiger partial charge >= 0.3 is 0 Å². The summed E-state index contributed by atoms with van der Waals surface area (Å²) in [7, 11) is 3.01. The number of methoxy groups -OCH3 is 1. The number of carbonyl (C=O) groups excluding carboxylic acids is 1. The summed E-state index contributed by atoms with van der Waals surface area (Å²) in [6.45, 7) is 2.74. The zero-order chi connectivity index (χ0) is 14.5. The summed E-state index contributed by atoms with van der Waals surface area (Å²) in [6, 6.07) is 4.21. The number of halogens is 1. The van der Waals surface area contributed by atoms with E-state index in [2.05, 4.69) is 5.32 Å². The lowest BCUT2D eigenvalue weighted by Gasteiger charge is -2.08. The lowest BCUT2D eigenvalue weighted by molar-refractivity contribution is 0.0948. The Labute approximate surface area is 117 Å². The Morgan fingerprint density at radius 1 is 1.42 bits per heavy atom. The summed E-state index contributed by atoms with van der Waals surface area (Å²) >= 11 is 0. The Hall–Kier alpha value is -1.11. The van der Waals surface area contributed by atoms with Crippen molar-refractivity contribution in [2.75, 3.05) is 20.3 Å². The van der Waals surface area contributed by atoms with Gasteiger partial charge in [-0.2, -0.15) is 0 Å². The molecule has 0 heterocycles. The Morgan fingerprint density at radius 2 is 2.11 bits per heavy atom. The number of aryl methyl sites for hydroxylation is 1. The Morgan fingerprint density at radius 3 is 2.68 bits per heavy atom. The van der Waals surface area contributed by atoms with Gasteiger partial charge in [-0.1, -0.05) is 6.07 Å². The largest absolute Gasteiger partial charge is 0.385 e. The van der Waals surface area contributed by atoms with Gasteiger partial charge in [0, 0.05) is 36.5 Å². The molecule has 5 nitrogen and oxygen atoms in total. The number of ether oxygens (including phenoxy) is 1. The number of benzene rings is 1. The molecule has 0 spiro atoms. The van der Waals surface area contributed by atoms with Crippen molar-refractivity contribution in [1.29, 1.82) is 0 Å². The molecule has 1 N–H and O–H groups in total. The van der Waals surface area contributed by atoms with Crippen LogP contribution in [0.15, 0.2) is 23.1 Å². The lowest BCUT2D eigenvalue weighted by Crippen LogP contribution is -2.26. The fraction of sp³-hybridized carbons (Fsp3) is 0.417.